The van der Waals surface area contributed by atoms with Gasteiger partial charge in [0.2, 0.25) is 5.91 Å². The predicted octanol–water partition coefficient (Wildman–Crippen LogP) is 6.56. The highest BCUT2D eigenvalue weighted by molar-refractivity contribution is 5.91. The molecule has 3 aromatic carbocycles. The van der Waals surface area contributed by atoms with E-state index in [1.807, 2.05) is 49.9 Å². The second-order valence-electron chi connectivity index (χ2n) is 13.2. The van der Waals surface area contributed by atoms with E-state index in [-0.39, 0.29) is 24.4 Å². The molecule has 0 spiro atoms. The Morgan fingerprint density at radius 1 is 0.915 bits per heavy atom. The minimum Gasteiger partial charge on any atom is -0.465 e. The van der Waals surface area contributed by atoms with Crippen LogP contribution in [0.2, 0.25) is 0 Å². The van der Waals surface area contributed by atoms with Gasteiger partial charge in [0.05, 0.1) is 18.2 Å². The number of ether oxygens (including phenoxy) is 1. The van der Waals surface area contributed by atoms with Gasteiger partial charge in [-0.15, -0.1) is 0 Å². The number of alkyl halides is 3. The van der Waals surface area contributed by atoms with Crippen molar-refractivity contribution in [2.45, 2.75) is 64.8 Å². The van der Waals surface area contributed by atoms with Gasteiger partial charge in [0.15, 0.2) is 0 Å². The van der Waals surface area contributed by atoms with E-state index >= 15 is 0 Å². The van der Waals surface area contributed by atoms with E-state index in [0.717, 1.165) is 39.9 Å². The molecule has 2 aliphatic heterocycles. The normalized spacial score (nSPS) is 15.6. The second-order valence-corrected chi connectivity index (χ2v) is 13.2. The predicted molar refractivity (Wildman–Crippen MR) is 174 cm³/mol. The van der Waals surface area contributed by atoms with Crippen LogP contribution >= 0.6 is 0 Å². The zero-order chi connectivity index (χ0) is 33.9. The van der Waals surface area contributed by atoms with Crippen LogP contribution in [0, 0.1) is 5.92 Å². The van der Waals surface area contributed by atoms with Crippen LogP contribution in [-0.2, 0) is 35.2 Å². The van der Waals surface area contributed by atoms with Gasteiger partial charge in [0, 0.05) is 49.9 Å². The van der Waals surface area contributed by atoms with Crippen molar-refractivity contribution in [1.29, 1.82) is 0 Å². The molecule has 0 radical (unpaired) electrons. The van der Waals surface area contributed by atoms with E-state index < -0.39 is 23.2 Å². The molecule has 0 saturated carbocycles. The molecule has 1 saturated heterocycles. The average Bonchev–Trinajstić information content (AvgIpc) is 3.05. The van der Waals surface area contributed by atoms with E-state index in [1.165, 1.54) is 19.2 Å². The lowest BCUT2D eigenvalue weighted by molar-refractivity contribution is -0.137. The van der Waals surface area contributed by atoms with Crippen molar-refractivity contribution in [3.63, 3.8) is 0 Å². The molecular weight excluding hydrogens is 609 g/mol. The van der Waals surface area contributed by atoms with Crippen LogP contribution in [0.1, 0.15) is 66.2 Å². The lowest BCUT2D eigenvalue weighted by Gasteiger charge is -2.34. The Morgan fingerprint density at radius 3 is 2.26 bits per heavy atom. The molecule has 3 amide bonds. The Morgan fingerprint density at radius 2 is 1.62 bits per heavy atom. The summed E-state index contributed by atoms with van der Waals surface area (Å²) in [6, 6.07) is 16.2. The Bertz CT molecular complexity index is 1620. The molecule has 5 rings (SSSR count). The molecular formula is C36H41F3N4O4. The zero-order valence-corrected chi connectivity index (χ0v) is 27.2. The maximum Gasteiger partial charge on any atom is 0.416 e. The van der Waals surface area contributed by atoms with Gasteiger partial charge in [-0.2, -0.15) is 13.2 Å². The van der Waals surface area contributed by atoms with E-state index in [9.17, 15) is 27.6 Å². The number of urea groups is 1. The number of esters is 1. The topological polar surface area (TPSA) is 91.0 Å². The average molecular weight is 651 g/mol. The number of piperidine rings is 1. The molecule has 0 aromatic heterocycles. The summed E-state index contributed by atoms with van der Waals surface area (Å²) in [4.78, 5) is 42.5. The number of nitrogens with one attached hydrogen (secondary N) is 2. The van der Waals surface area contributed by atoms with Crippen molar-refractivity contribution in [1.82, 2.24) is 15.5 Å². The van der Waals surface area contributed by atoms with Crippen LogP contribution in [0.4, 0.5) is 23.7 Å². The number of carbonyl (C=O) groups is 3. The molecule has 8 nitrogen and oxygen atoms in total. The van der Waals surface area contributed by atoms with Gasteiger partial charge in [-0.3, -0.25) is 4.79 Å². The van der Waals surface area contributed by atoms with Crippen LogP contribution in [0.15, 0.2) is 60.7 Å². The summed E-state index contributed by atoms with van der Waals surface area (Å²) in [5.41, 5.74) is 4.87. The summed E-state index contributed by atoms with van der Waals surface area (Å²) in [6.45, 7) is 8.12. The number of amides is 3. The minimum absolute atomic E-state index is 0.0705. The molecule has 1 fully saturated rings. The summed E-state index contributed by atoms with van der Waals surface area (Å²) in [7, 11) is 1.35. The van der Waals surface area contributed by atoms with E-state index in [0.29, 0.717) is 56.7 Å². The molecule has 0 bridgehead atoms. The smallest absolute Gasteiger partial charge is 0.416 e. The fraction of sp³-hybridized carbons (Fsp3) is 0.417. The molecule has 250 valence electrons. The second kappa shape index (κ2) is 13.7. The lowest BCUT2D eigenvalue weighted by atomic mass is 9.87. The largest absolute Gasteiger partial charge is 0.465 e. The van der Waals surface area contributed by atoms with Gasteiger partial charge in [-0.25, -0.2) is 9.59 Å². The fourth-order valence-corrected chi connectivity index (χ4v) is 6.27. The molecule has 0 unspecified atom stereocenters. The van der Waals surface area contributed by atoms with Gasteiger partial charge in [-0.05, 0) is 104 Å². The highest BCUT2D eigenvalue weighted by atomic mass is 19.4. The quantitative estimate of drug-likeness (QED) is 0.295. The first-order valence-corrected chi connectivity index (χ1v) is 15.8. The molecule has 2 heterocycles. The number of carbonyl (C=O) groups excluding carboxylic acids is 3. The van der Waals surface area contributed by atoms with E-state index in [4.69, 9.17) is 4.74 Å². The number of hydrogen-bond acceptors (Lipinski definition) is 5. The zero-order valence-electron chi connectivity index (χ0n) is 27.2. The van der Waals surface area contributed by atoms with Gasteiger partial charge in [-0.1, -0.05) is 24.3 Å². The molecule has 3 aromatic rings. The summed E-state index contributed by atoms with van der Waals surface area (Å²) in [5, 5.41) is 6.15. The van der Waals surface area contributed by atoms with Crippen molar-refractivity contribution in [3.05, 3.63) is 88.5 Å². The number of nitrogens with zero attached hydrogens (tertiary/aromatic N) is 2. The van der Waals surface area contributed by atoms with Crippen LogP contribution in [-0.4, -0.2) is 55.1 Å². The summed E-state index contributed by atoms with van der Waals surface area (Å²) >= 11 is 0. The Balaban J connectivity index is 1.31. The molecule has 2 aliphatic rings. The SMILES string of the molecule is COC(=O)c1cccc(-c2ccc(CNC(=O)C3CCN(c4ccc(C(F)(F)F)cc4)CC3)c3c2CCN(C(=O)NC(C)(C)C)C3)c1. The molecule has 2 N–H and O–H groups in total. The third-order valence-corrected chi connectivity index (χ3v) is 8.75. The van der Waals surface area contributed by atoms with Gasteiger partial charge < -0.3 is 25.2 Å². The van der Waals surface area contributed by atoms with Crippen molar-refractivity contribution < 1.29 is 32.3 Å². The standard InChI is InChI=1S/C36H41F3N4O4/c1-35(2,3)41-34(46)43-19-16-30-29(24-6-5-7-25(20-24)33(45)47-4)13-8-26(31(30)22-43)21-40-32(44)23-14-17-42(18-15-23)28-11-9-27(10-12-28)36(37,38)39/h5-13,20,23H,14-19,21-22H2,1-4H3,(H,40,44)(H,41,46). The van der Waals surface area contributed by atoms with Crippen LogP contribution in [0.5, 0.6) is 0 Å². The molecule has 11 heteroatoms. The number of rotatable bonds is 6. The van der Waals surface area contributed by atoms with Gasteiger partial charge in [0.25, 0.3) is 0 Å². The Hall–Kier alpha value is -4.54. The minimum atomic E-state index is -4.38. The molecule has 0 atom stereocenters. The number of fused-ring (bicyclic) bond motifs is 1. The van der Waals surface area contributed by atoms with E-state index in [2.05, 4.69) is 10.6 Å². The first kappa shape index (κ1) is 33.8. The van der Waals surface area contributed by atoms with Crippen LogP contribution < -0.4 is 15.5 Å². The Labute approximate surface area is 273 Å². The maximum absolute atomic E-state index is 13.3. The monoisotopic (exact) mass is 650 g/mol. The molecule has 47 heavy (non-hydrogen) atoms. The summed E-state index contributed by atoms with van der Waals surface area (Å²) < 4.78 is 43.8. The van der Waals surface area contributed by atoms with Crippen LogP contribution in [0.25, 0.3) is 11.1 Å². The maximum atomic E-state index is 13.3. The number of hydrogen-bond donors (Lipinski definition) is 2. The highest BCUT2D eigenvalue weighted by Gasteiger charge is 2.31. The fourth-order valence-electron chi connectivity index (χ4n) is 6.27. The third kappa shape index (κ3) is 8.07. The first-order valence-electron chi connectivity index (χ1n) is 15.8. The number of halogens is 3. The third-order valence-electron chi connectivity index (χ3n) is 8.75. The Kier molecular flexibility index (Phi) is 9.84. The highest BCUT2D eigenvalue weighted by Crippen LogP contribution is 2.34. The van der Waals surface area contributed by atoms with Gasteiger partial charge in [0.1, 0.15) is 0 Å². The molecule has 0 aliphatic carbocycles. The van der Waals surface area contributed by atoms with Crippen molar-refractivity contribution in [2.75, 3.05) is 31.6 Å². The first-order chi connectivity index (χ1) is 22.2. The lowest BCUT2D eigenvalue weighted by Crippen LogP contribution is -2.50. The number of benzene rings is 3. The van der Waals surface area contributed by atoms with E-state index in [1.54, 1.807) is 17.0 Å². The van der Waals surface area contributed by atoms with Crippen LogP contribution in [0.3, 0.4) is 0 Å². The summed E-state index contributed by atoms with van der Waals surface area (Å²) in [6.07, 6.45) is -2.60. The summed E-state index contributed by atoms with van der Waals surface area (Å²) in [5.74, 6) is -0.708. The van der Waals surface area contributed by atoms with Crippen molar-refractivity contribution >= 4 is 23.6 Å². The van der Waals surface area contributed by atoms with Crippen molar-refractivity contribution in [3.8, 4) is 11.1 Å². The van der Waals surface area contributed by atoms with Crippen molar-refractivity contribution in [2.24, 2.45) is 5.92 Å². The number of methoxy groups -OCH3 is 1. The number of anilines is 1. The van der Waals surface area contributed by atoms with Gasteiger partial charge >= 0.3 is 18.2 Å².